The lowest BCUT2D eigenvalue weighted by Crippen LogP contribution is -2.37. The van der Waals surface area contributed by atoms with Crippen molar-refractivity contribution in [2.75, 3.05) is 64.9 Å². The summed E-state index contributed by atoms with van der Waals surface area (Å²) in [5, 5.41) is 3.23. The van der Waals surface area contributed by atoms with Crippen LogP contribution in [0.25, 0.3) is 6.08 Å². The van der Waals surface area contributed by atoms with Crippen molar-refractivity contribution in [1.29, 1.82) is 0 Å². The van der Waals surface area contributed by atoms with Gasteiger partial charge in [0.25, 0.3) is 0 Å². The summed E-state index contributed by atoms with van der Waals surface area (Å²) in [5.41, 5.74) is 5.36. The van der Waals surface area contributed by atoms with E-state index >= 15 is 0 Å². The van der Waals surface area contributed by atoms with Gasteiger partial charge in [0, 0.05) is 39.5 Å². The Balaban J connectivity index is 0.000000254. The molecule has 1 N–H and O–H groups in total. The van der Waals surface area contributed by atoms with Crippen LogP contribution in [-0.4, -0.2) is 69.9 Å². The average Bonchev–Trinajstić information content (AvgIpc) is 2.93. The molecule has 3 rings (SSSR count). The molecule has 5 nitrogen and oxygen atoms in total. The van der Waals surface area contributed by atoms with Gasteiger partial charge in [-0.15, -0.1) is 5.73 Å². The van der Waals surface area contributed by atoms with E-state index in [0.717, 1.165) is 43.4 Å². The highest BCUT2D eigenvalue weighted by molar-refractivity contribution is 5.54. The van der Waals surface area contributed by atoms with Crippen molar-refractivity contribution in [1.82, 2.24) is 15.2 Å². The fourth-order valence-electron chi connectivity index (χ4n) is 4.49. The van der Waals surface area contributed by atoms with Crippen molar-refractivity contribution in [3.8, 4) is 0 Å². The third-order valence-electron chi connectivity index (χ3n) is 6.78. The third kappa shape index (κ3) is 12.0. The molecule has 0 unspecified atom stereocenters. The van der Waals surface area contributed by atoms with Gasteiger partial charge in [-0.2, -0.15) is 0 Å². The number of nitrogens with one attached hydrogen (secondary N) is 1. The Morgan fingerprint density at radius 1 is 1.19 bits per heavy atom. The summed E-state index contributed by atoms with van der Waals surface area (Å²) >= 11 is 0. The number of anilines is 1. The van der Waals surface area contributed by atoms with Crippen molar-refractivity contribution in [3.63, 3.8) is 0 Å². The summed E-state index contributed by atoms with van der Waals surface area (Å²) in [6.07, 6.45) is 11.4. The molecule has 0 radical (unpaired) electrons. The lowest BCUT2D eigenvalue weighted by molar-refractivity contribution is 0.181. The molecule has 1 aromatic carbocycles. The summed E-state index contributed by atoms with van der Waals surface area (Å²) in [7, 11) is 3.76. The number of likely N-dealkylation sites (N-methyl/N-ethyl adjacent to an activating group) is 1. The highest BCUT2D eigenvalue weighted by Crippen LogP contribution is 2.22. The van der Waals surface area contributed by atoms with Crippen LogP contribution in [0.2, 0.25) is 0 Å². The van der Waals surface area contributed by atoms with Crippen LogP contribution in [0.3, 0.4) is 0 Å². The van der Waals surface area contributed by atoms with Crippen LogP contribution in [0.5, 0.6) is 0 Å². The Hall–Kier alpha value is -2.43. The number of hydrogen-bond acceptors (Lipinski definition) is 5. The zero-order valence-corrected chi connectivity index (χ0v) is 22.9. The van der Waals surface area contributed by atoms with Crippen LogP contribution in [0, 0.1) is 5.92 Å². The minimum Gasteiger partial charge on any atom is -0.383 e. The molecule has 1 aliphatic rings. The van der Waals surface area contributed by atoms with Gasteiger partial charge in [-0.3, -0.25) is 0 Å². The zero-order chi connectivity index (χ0) is 25.8. The van der Waals surface area contributed by atoms with E-state index in [1.54, 1.807) is 7.11 Å². The number of aromatic nitrogens is 1. The second-order valence-electron chi connectivity index (χ2n) is 9.54. The van der Waals surface area contributed by atoms with E-state index in [-0.39, 0.29) is 0 Å². The molecular weight excluding hydrogens is 444 g/mol. The van der Waals surface area contributed by atoms with Gasteiger partial charge >= 0.3 is 0 Å². The molecule has 0 bridgehead atoms. The fourth-order valence-corrected chi connectivity index (χ4v) is 4.49. The van der Waals surface area contributed by atoms with Crippen molar-refractivity contribution in [2.24, 2.45) is 5.92 Å². The van der Waals surface area contributed by atoms with Crippen LogP contribution in [0.1, 0.15) is 50.2 Å². The van der Waals surface area contributed by atoms with E-state index in [0.29, 0.717) is 6.61 Å². The summed E-state index contributed by atoms with van der Waals surface area (Å²) in [5.74, 6) is 1.93. The van der Waals surface area contributed by atoms with E-state index in [4.69, 9.17) is 4.74 Å². The van der Waals surface area contributed by atoms with Crippen LogP contribution >= 0.6 is 0 Å². The number of hydrogen-bond donors (Lipinski definition) is 1. The van der Waals surface area contributed by atoms with Gasteiger partial charge in [-0.05, 0) is 87.5 Å². The van der Waals surface area contributed by atoms with Crippen molar-refractivity contribution >= 4 is 11.9 Å². The Morgan fingerprint density at radius 2 is 1.97 bits per heavy atom. The van der Waals surface area contributed by atoms with Crippen LogP contribution in [-0.2, 0) is 11.2 Å². The maximum atomic E-state index is 5.15. The van der Waals surface area contributed by atoms with Crippen LogP contribution in [0.4, 0.5) is 5.82 Å². The molecule has 5 heteroatoms. The van der Waals surface area contributed by atoms with Crippen molar-refractivity contribution < 1.29 is 4.74 Å². The minimum absolute atomic E-state index is 0.715. The molecule has 0 atom stereocenters. The van der Waals surface area contributed by atoms with Gasteiger partial charge in [-0.1, -0.05) is 50.3 Å². The summed E-state index contributed by atoms with van der Waals surface area (Å²) in [4.78, 5) is 9.28. The Kier molecular flexibility index (Phi) is 15.5. The predicted molar refractivity (Wildman–Crippen MR) is 155 cm³/mol. The number of likely N-dealkylation sites (tertiary alicyclic amines) is 1. The molecule has 0 aliphatic carbocycles. The fraction of sp³-hybridized carbons (Fsp3) is 0.548. The lowest BCUT2D eigenvalue weighted by Gasteiger charge is -2.31. The molecule has 2 heterocycles. The van der Waals surface area contributed by atoms with Gasteiger partial charge < -0.3 is 19.9 Å². The first-order valence-corrected chi connectivity index (χ1v) is 13.7. The largest absolute Gasteiger partial charge is 0.383 e. The van der Waals surface area contributed by atoms with Gasteiger partial charge in [0.15, 0.2) is 0 Å². The summed E-state index contributed by atoms with van der Waals surface area (Å²) in [6.45, 7) is 13.3. The van der Waals surface area contributed by atoms with Crippen molar-refractivity contribution in [3.05, 3.63) is 72.1 Å². The van der Waals surface area contributed by atoms with Crippen LogP contribution < -0.4 is 10.2 Å². The number of nitrogens with zero attached hydrogens (tertiary/aromatic N) is 3. The van der Waals surface area contributed by atoms with E-state index in [1.165, 1.54) is 57.3 Å². The molecule has 0 spiro atoms. The Morgan fingerprint density at radius 3 is 2.64 bits per heavy atom. The van der Waals surface area contributed by atoms with Gasteiger partial charge in [0.2, 0.25) is 0 Å². The number of unbranched alkanes of at least 4 members (excludes halogenated alkanes) is 1. The second kappa shape index (κ2) is 18.8. The third-order valence-corrected chi connectivity index (χ3v) is 6.78. The first kappa shape index (κ1) is 29.8. The average molecular weight is 493 g/mol. The summed E-state index contributed by atoms with van der Waals surface area (Å²) < 4.78 is 5.15. The van der Waals surface area contributed by atoms with Gasteiger partial charge in [0.05, 0.1) is 6.61 Å². The molecular formula is C31H48N4O. The number of aryl methyl sites for hydroxylation is 1. The predicted octanol–water partition coefficient (Wildman–Crippen LogP) is 5.68. The molecule has 2 aromatic rings. The van der Waals surface area contributed by atoms with E-state index in [1.807, 2.05) is 25.4 Å². The maximum Gasteiger partial charge on any atom is 0.129 e. The normalized spacial score (nSPS) is 14.0. The minimum atomic E-state index is 0.715. The number of benzene rings is 1. The van der Waals surface area contributed by atoms with Crippen molar-refractivity contribution in [2.45, 2.75) is 45.4 Å². The van der Waals surface area contributed by atoms with Gasteiger partial charge in [0.1, 0.15) is 5.82 Å². The number of pyridine rings is 1. The number of ether oxygens (including phenoxy) is 1. The SMILES string of the molecule is C=C=Cc1ccnc(N(CCCC)CCOC)c1.CNCCN1CCC(CCc2ccccc2)CC1. The van der Waals surface area contributed by atoms with Crippen LogP contribution in [0.15, 0.2) is 61.0 Å². The molecule has 1 aliphatic heterocycles. The number of piperidine rings is 1. The molecule has 0 amide bonds. The molecule has 36 heavy (non-hydrogen) atoms. The molecule has 198 valence electrons. The standard InChI is InChI=1S/C16H26N2.C15H22N2O/c1-17-11-14-18-12-9-16(10-13-18)8-7-15-5-3-2-4-6-15;1-4-6-10-17(11-12-18-3)15-13-14(7-5-2)8-9-16-15/h2-6,16-17H,7-14H2,1H3;7-9,13H,2,4,6,10-12H2,1,3H3. The lowest BCUT2D eigenvalue weighted by atomic mass is 9.90. The zero-order valence-electron chi connectivity index (χ0n) is 22.9. The Bertz CT molecular complexity index is 850. The van der Waals surface area contributed by atoms with E-state index < -0.39 is 0 Å². The number of methoxy groups -OCH3 is 1. The summed E-state index contributed by atoms with van der Waals surface area (Å²) in [6, 6.07) is 14.9. The van der Waals surface area contributed by atoms with E-state index in [2.05, 4.69) is 75.7 Å². The maximum absolute atomic E-state index is 5.15. The molecule has 0 saturated carbocycles. The first-order chi connectivity index (χ1) is 17.7. The molecule has 1 saturated heterocycles. The number of rotatable bonds is 14. The first-order valence-electron chi connectivity index (χ1n) is 13.7. The van der Waals surface area contributed by atoms with Gasteiger partial charge in [-0.25, -0.2) is 4.98 Å². The smallest absolute Gasteiger partial charge is 0.129 e. The Labute approximate surface area is 220 Å². The highest BCUT2D eigenvalue weighted by atomic mass is 16.5. The molecule has 1 aromatic heterocycles. The molecule has 1 fully saturated rings. The van der Waals surface area contributed by atoms with E-state index in [9.17, 15) is 0 Å². The highest BCUT2D eigenvalue weighted by Gasteiger charge is 2.18. The monoisotopic (exact) mass is 492 g/mol. The quantitative estimate of drug-likeness (QED) is 0.344. The topological polar surface area (TPSA) is 40.6 Å². The second-order valence-corrected chi connectivity index (χ2v) is 9.54.